The molecule has 0 unspecified atom stereocenters. The van der Waals surface area contributed by atoms with E-state index in [2.05, 4.69) is 18.7 Å². The first-order valence-electron chi connectivity index (χ1n) is 5.89. The van der Waals surface area contributed by atoms with Crippen molar-refractivity contribution in [1.82, 2.24) is 0 Å². The highest BCUT2D eigenvalue weighted by molar-refractivity contribution is 7.92. The third kappa shape index (κ3) is 3.07. The van der Waals surface area contributed by atoms with Crippen LogP contribution < -0.4 is 14.9 Å². The number of benzene rings is 1. The van der Waals surface area contributed by atoms with Crippen molar-refractivity contribution in [3.8, 4) is 0 Å². The SMILES string of the molecule is CCN(CC)c1ccc(N)c(N(C)S(C)(=O)=O)c1. The molecule has 5 nitrogen and oxygen atoms in total. The van der Waals surface area contributed by atoms with E-state index in [0.29, 0.717) is 11.4 Å². The van der Waals surface area contributed by atoms with Crippen LogP contribution in [-0.2, 0) is 10.0 Å². The molecule has 2 N–H and O–H groups in total. The molecule has 0 aromatic heterocycles. The summed E-state index contributed by atoms with van der Waals surface area (Å²) in [7, 11) is -1.79. The van der Waals surface area contributed by atoms with Crippen LogP contribution in [0.1, 0.15) is 13.8 Å². The van der Waals surface area contributed by atoms with Gasteiger partial charge in [-0.25, -0.2) is 8.42 Å². The molecule has 0 aliphatic rings. The van der Waals surface area contributed by atoms with Gasteiger partial charge in [0.25, 0.3) is 0 Å². The summed E-state index contributed by atoms with van der Waals surface area (Å²) in [6.45, 7) is 5.84. The molecule has 0 saturated heterocycles. The Morgan fingerprint density at radius 1 is 1.22 bits per heavy atom. The van der Waals surface area contributed by atoms with E-state index < -0.39 is 10.0 Å². The van der Waals surface area contributed by atoms with Crippen molar-refractivity contribution in [1.29, 1.82) is 0 Å². The predicted octanol–water partition coefficient (Wildman–Crippen LogP) is 1.51. The zero-order valence-corrected chi connectivity index (χ0v) is 12.2. The molecule has 102 valence electrons. The first kappa shape index (κ1) is 14.6. The fraction of sp³-hybridized carbons (Fsp3) is 0.500. The fourth-order valence-electron chi connectivity index (χ4n) is 1.77. The molecule has 0 bridgehead atoms. The summed E-state index contributed by atoms with van der Waals surface area (Å²) in [6, 6.07) is 5.45. The number of nitrogens with two attached hydrogens (primary N) is 1. The maximum Gasteiger partial charge on any atom is 0.232 e. The van der Waals surface area contributed by atoms with Crippen LogP contribution in [0.15, 0.2) is 18.2 Å². The number of sulfonamides is 1. The smallest absolute Gasteiger partial charge is 0.232 e. The van der Waals surface area contributed by atoms with Crippen molar-refractivity contribution < 1.29 is 8.42 Å². The summed E-state index contributed by atoms with van der Waals surface area (Å²) in [5.74, 6) is 0. The Morgan fingerprint density at radius 3 is 2.22 bits per heavy atom. The van der Waals surface area contributed by atoms with E-state index in [4.69, 9.17) is 5.73 Å². The van der Waals surface area contributed by atoms with Gasteiger partial charge in [-0.2, -0.15) is 0 Å². The molecule has 1 aromatic rings. The first-order valence-corrected chi connectivity index (χ1v) is 7.74. The standard InChI is InChI=1S/C12H21N3O2S/c1-5-15(6-2)10-7-8-11(13)12(9-10)14(3)18(4,16)17/h7-9H,5-6,13H2,1-4H3. The number of nitrogen functional groups attached to an aromatic ring is 1. The van der Waals surface area contributed by atoms with Crippen molar-refractivity contribution >= 4 is 27.1 Å². The van der Waals surface area contributed by atoms with Gasteiger partial charge in [0.05, 0.1) is 17.6 Å². The van der Waals surface area contributed by atoms with Crippen LogP contribution in [0, 0.1) is 0 Å². The summed E-state index contributed by atoms with van der Waals surface area (Å²) in [6.07, 6.45) is 1.16. The lowest BCUT2D eigenvalue weighted by Crippen LogP contribution is -2.27. The Morgan fingerprint density at radius 2 is 1.78 bits per heavy atom. The number of nitrogens with zero attached hydrogens (tertiary/aromatic N) is 2. The van der Waals surface area contributed by atoms with Gasteiger partial charge in [0.1, 0.15) is 0 Å². The average molecular weight is 271 g/mol. The highest BCUT2D eigenvalue weighted by atomic mass is 32.2. The molecule has 1 rings (SSSR count). The van der Waals surface area contributed by atoms with Gasteiger partial charge < -0.3 is 10.6 Å². The van der Waals surface area contributed by atoms with E-state index in [1.165, 1.54) is 11.4 Å². The zero-order chi connectivity index (χ0) is 13.9. The normalized spacial score (nSPS) is 11.3. The number of anilines is 3. The van der Waals surface area contributed by atoms with Crippen LogP contribution in [0.3, 0.4) is 0 Å². The number of hydrogen-bond donors (Lipinski definition) is 1. The summed E-state index contributed by atoms with van der Waals surface area (Å²) in [5.41, 5.74) is 7.79. The van der Waals surface area contributed by atoms with E-state index in [1.807, 2.05) is 12.1 Å². The van der Waals surface area contributed by atoms with Gasteiger partial charge in [-0.1, -0.05) is 0 Å². The fourth-order valence-corrected chi connectivity index (χ4v) is 2.28. The highest BCUT2D eigenvalue weighted by Crippen LogP contribution is 2.29. The van der Waals surface area contributed by atoms with Gasteiger partial charge in [0.15, 0.2) is 0 Å². The van der Waals surface area contributed by atoms with Crippen LogP contribution in [0.25, 0.3) is 0 Å². The Bertz CT molecular complexity index is 510. The lowest BCUT2D eigenvalue weighted by Gasteiger charge is -2.25. The minimum Gasteiger partial charge on any atom is -0.397 e. The minimum absolute atomic E-state index is 0.457. The molecular formula is C12H21N3O2S. The zero-order valence-electron chi connectivity index (χ0n) is 11.3. The van der Waals surface area contributed by atoms with Gasteiger partial charge in [-0.05, 0) is 32.0 Å². The third-order valence-corrected chi connectivity index (χ3v) is 4.17. The lowest BCUT2D eigenvalue weighted by atomic mass is 10.2. The summed E-state index contributed by atoms with van der Waals surface area (Å²) >= 11 is 0. The minimum atomic E-state index is -3.30. The topological polar surface area (TPSA) is 66.6 Å². The van der Waals surface area contributed by atoms with Gasteiger partial charge in [0, 0.05) is 25.8 Å². The molecule has 18 heavy (non-hydrogen) atoms. The van der Waals surface area contributed by atoms with Crippen LogP contribution in [0.5, 0.6) is 0 Å². The molecule has 0 fully saturated rings. The second kappa shape index (κ2) is 5.48. The van der Waals surface area contributed by atoms with Crippen LogP contribution in [0.4, 0.5) is 17.1 Å². The molecular weight excluding hydrogens is 250 g/mol. The predicted molar refractivity (Wildman–Crippen MR) is 77.7 cm³/mol. The molecule has 0 aliphatic carbocycles. The van der Waals surface area contributed by atoms with Gasteiger partial charge in [-0.3, -0.25) is 4.31 Å². The lowest BCUT2D eigenvalue weighted by molar-refractivity contribution is 0.600. The summed E-state index contributed by atoms with van der Waals surface area (Å²) in [5, 5.41) is 0. The number of rotatable bonds is 5. The first-order chi connectivity index (χ1) is 8.31. The monoisotopic (exact) mass is 271 g/mol. The van der Waals surface area contributed by atoms with Crippen molar-refractivity contribution in [3.05, 3.63) is 18.2 Å². The maximum absolute atomic E-state index is 11.6. The van der Waals surface area contributed by atoms with E-state index in [-0.39, 0.29) is 0 Å². The summed E-state index contributed by atoms with van der Waals surface area (Å²) < 4.78 is 24.3. The average Bonchev–Trinajstić information content (AvgIpc) is 2.30. The Labute approximate surface area is 109 Å². The van der Waals surface area contributed by atoms with Crippen molar-refractivity contribution in [2.24, 2.45) is 0 Å². The molecule has 0 aliphatic heterocycles. The quantitative estimate of drug-likeness (QED) is 0.824. The molecule has 1 aromatic carbocycles. The van der Waals surface area contributed by atoms with Gasteiger partial charge >= 0.3 is 0 Å². The second-order valence-corrected chi connectivity index (χ2v) is 6.16. The molecule has 0 amide bonds. The van der Waals surface area contributed by atoms with E-state index in [1.54, 1.807) is 6.07 Å². The Hall–Kier alpha value is -1.43. The van der Waals surface area contributed by atoms with Crippen LogP contribution >= 0.6 is 0 Å². The third-order valence-electron chi connectivity index (χ3n) is 2.98. The van der Waals surface area contributed by atoms with Gasteiger partial charge in [0.2, 0.25) is 10.0 Å². The van der Waals surface area contributed by atoms with Gasteiger partial charge in [-0.15, -0.1) is 0 Å². The van der Waals surface area contributed by atoms with E-state index in [9.17, 15) is 8.42 Å². The molecule has 0 heterocycles. The second-order valence-electron chi connectivity index (χ2n) is 4.15. The molecule has 0 atom stereocenters. The highest BCUT2D eigenvalue weighted by Gasteiger charge is 2.16. The van der Waals surface area contributed by atoms with Crippen molar-refractivity contribution in [2.45, 2.75) is 13.8 Å². The maximum atomic E-state index is 11.6. The largest absolute Gasteiger partial charge is 0.397 e. The summed E-state index contributed by atoms with van der Waals surface area (Å²) in [4.78, 5) is 2.14. The number of hydrogen-bond acceptors (Lipinski definition) is 4. The van der Waals surface area contributed by atoms with Crippen LogP contribution in [0.2, 0.25) is 0 Å². The Kier molecular flexibility index (Phi) is 4.45. The van der Waals surface area contributed by atoms with Crippen molar-refractivity contribution in [3.63, 3.8) is 0 Å². The Balaban J connectivity index is 3.25. The molecule has 0 saturated carbocycles. The van der Waals surface area contributed by atoms with Crippen molar-refractivity contribution in [2.75, 3.05) is 41.3 Å². The molecule has 6 heteroatoms. The molecule has 0 spiro atoms. The molecule has 0 radical (unpaired) electrons. The van der Waals surface area contributed by atoms with E-state index in [0.717, 1.165) is 25.0 Å². The van der Waals surface area contributed by atoms with E-state index >= 15 is 0 Å². The van der Waals surface area contributed by atoms with Crippen LogP contribution in [-0.4, -0.2) is 34.8 Å².